The van der Waals surface area contributed by atoms with Crippen LogP contribution in [0.15, 0.2) is 78.9 Å². The van der Waals surface area contributed by atoms with Crippen LogP contribution in [0.5, 0.6) is 0 Å². The number of imidazole rings is 1. The number of aryl methyl sites for hydroxylation is 2. The quantitative estimate of drug-likeness (QED) is 0.386. The lowest BCUT2D eigenvalue weighted by Crippen LogP contribution is -2.12. The van der Waals surface area contributed by atoms with Crippen LogP contribution in [-0.4, -0.2) is 15.5 Å². The molecule has 0 radical (unpaired) electrons. The second-order valence-electron chi connectivity index (χ2n) is 7.53. The minimum atomic E-state index is 0.00751. The van der Waals surface area contributed by atoms with Gasteiger partial charge in [-0.3, -0.25) is 9.36 Å². The Labute approximate surface area is 187 Å². The van der Waals surface area contributed by atoms with Crippen molar-refractivity contribution in [1.82, 2.24) is 9.55 Å². The van der Waals surface area contributed by atoms with Gasteiger partial charge in [-0.25, -0.2) is 4.98 Å². The average Bonchev–Trinajstić information content (AvgIpc) is 3.08. The monoisotopic (exact) mass is 429 g/mol. The van der Waals surface area contributed by atoms with Gasteiger partial charge in [0.2, 0.25) is 5.91 Å². The number of nitrogens with zero attached hydrogens (tertiary/aromatic N) is 2. The van der Waals surface area contributed by atoms with E-state index >= 15 is 0 Å². The van der Waals surface area contributed by atoms with E-state index < -0.39 is 0 Å². The zero-order valence-electron chi connectivity index (χ0n) is 17.6. The van der Waals surface area contributed by atoms with Gasteiger partial charge in [0, 0.05) is 34.1 Å². The molecule has 0 saturated heterocycles. The van der Waals surface area contributed by atoms with Crippen LogP contribution in [0.1, 0.15) is 23.4 Å². The maximum absolute atomic E-state index is 12.3. The Bertz CT molecular complexity index is 1180. The predicted octanol–water partition coefficient (Wildman–Crippen LogP) is 6.38. The molecule has 0 fully saturated rings. The van der Waals surface area contributed by atoms with Crippen LogP contribution in [0.3, 0.4) is 0 Å². The minimum absolute atomic E-state index is 0.00751. The number of anilines is 1. The van der Waals surface area contributed by atoms with E-state index in [4.69, 9.17) is 16.6 Å². The van der Waals surface area contributed by atoms with Crippen LogP contribution in [0.4, 0.5) is 5.69 Å². The third kappa shape index (κ3) is 4.86. The van der Waals surface area contributed by atoms with Crippen molar-refractivity contribution in [2.75, 3.05) is 5.32 Å². The summed E-state index contributed by atoms with van der Waals surface area (Å²) in [5.41, 5.74) is 5.98. The lowest BCUT2D eigenvalue weighted by atomic mass is 10.1. The van der Waals surface area contributed by atoms with Crippen molar-refractivity contribution in [1.29, 1.82) is 0 Å². The molecule has 0 unspecified atom stereocenters. The average molecular weight is 430 g/mol. The molecule has 0 saturated carbocycles. The summed E-state index contributed by atoms with van der Waals surface area (Å²) < 4.78 is 2.12. The van der Waals surface area contributed by atoms with E-state index in [0.717, 1.165) is 46.1 Å². The fraction of sp³-hybridized carbons (Fsp3) is 0.154. The van der Waals surface area contributed by atoms with E-state index in [0.29, 0.717) is 11.4 Å². The van der Waals surface area contributed by atoms with E-state index in [1.54, 1.807) is 0 Å². The number of benzene rings is 3. The zero-order valence-corrected chi connectivity index (χ0v) is 18.4. The molecule has 1 N–H and O–H groups in total. The number of carbonyl (C=O) groups excluding carboxylic acids is 1. The lowest BCUT2D eigenvalue weighted by Gasteiger charge is -2.12. The standard InChI is InChI=1S/C26H24ClN3O/c1-18-19(2)30(26(28-18)21-9-11-22(27)12-10-21)24-15-13-23(14-16-24)29-25(31)17-8-20-6-4-3-5-7-20/h3-7,9-16H,8,17H2,1-2H3,(H,29,31). The van der Waals surface area contributed by atoms with Gasteiger partial charge in [0.05, 0.1) is 5.69 Å². The van der Waals surface area contributed by atoms with Crippen LogP contribution >= 0.6 is 11.6 Å². The Morgan fingerprint density at radius 2 is 1.61 bits per heavy atom. The van der Waals surface area contributed by atoms with Crippen molar-refractivity contribution in [3.05, 3.63) is 101 Å². The first-order chi connectivity index (χ1) is 15.0. The van der Waals surface area contributed by atoms with Crippen molar-refractivity contribution in [3.63, 3.8) is 0 Å². The third-order valence-electron chi connectivity index (χ3n) is 5.34. The van der Waals surface area contributed by atoms with Crippen LogP contribution in [0, 0.1) is 13.8 Å². The van der Waals surface area contributed by atoms with Gasteiger partial charge in [-0.1, -0.05) is 41.9 Å². The molecule has 0 aliphatic heterocycles. The number of carbonyl (C=O) groups is 1. The molecule has 1 aromatic heterocycles. The van der Waals surface area contributed by atoms with Crippen molar-refractivity contribution in [2.45, 2.75) is 26.7 Å². The molecule has 0 aliphatic carbocycles. The van der Waals surface area contributed by atoms with Crippen molar-refractivity contribution in [2.24, 2.45) is 0 Å². The Balaban J connectivity index is 1.51. The Morgan fingerprint density at radius 3 is 2.29 bits per heavy atom. The molecule has 0 aliphatic rings. The van der Waals surface area contributed by atoms with Crippen molar-refractivity contribution in [3.8, 4) is 17.1 Å². The number of aromatic nitrogens is 2. The van der Waals surface area contributed by atoms with Crippen LogP contribution in [0.2, 0.25) is 5.02 Å². The van der Waals surface area contributed by atoms with Gasteiger partial charge < -0.3 is 5.32 Å². The molecule has 5 heteroatoms. The van der Waals surface area contributed by atoms with Crippen molar-refractivity contribution < 1.29 is 4.79 Å². The third-order valence-corrected chi connectivity index (χ3v) is 5.59. The molecule has 4 aromatic rings. The summed E-state index contributed by atoms with van der Waals surface area (Å²) in [5, 5.41) is 3.68. The second-order valence-corrected chi connectivity index (χ2v) is 7.97. The van der Waals surface area contributed by atoms with Gasteiger partial charge in [-0.15, -0.1) is 0 Å². The highest BCUT2D eigenvalue weighted by Crippen LogP contribution is 2.28. The minimum Gasteiger partial charge on any atom is -0.326 e. The Hall–Kier alpha value is -3.37. The fourth-order valence-electron chi connectivity index (χ4n) is 3.54. The molecule has 1 amide bonds. The summed E-state index contributed by atoms with van der Waals surface area (Å²) >= 11 is 6.05. The molecule has 4 nitrogen and oxygen atoms in total. The number of nitrogens with one attached hydrogen (secondary N) is 1. The molecule has 0 spiro atoms. The number of halogens is 1. The second kappa shape index (κ2) is 9.19. The van der Waals surface area contributed by atoms with E-state index in [1.807, 2.05) is 85.8 Å². The summed E-state index contributed by atoms with van der Waals surface area (Å²) in [6.07, 6.45) is 1.18. The maximum Gasteiger partial charge on any atom is 0.224 e. The molecular weight excluding hydrogens is 406 g/mol. The van der Waals surface area contributed by atoms with E-state index in [9.17, 15) is 4.79 Å². The number of hydrogen-bond donors (Lipinski definition) is 1. The van der Waals surface area contributed by atoms with Gasteiger partial charge in [0.25, 0.3) is 0 Å². The van der Waals surface area contributed by atoms with Crippen LogP contribution in [-0.2, 0) is 11.2 Å². The topological polar surface area (TPSA) is 46.9 Å². The molecular formula is C26H24ClN3O. The molecule has 4 rings (SSSR count). The van der Waals surface area contributed by atoms with E-state index in [1.165, 1.54) is 0 Å². The highest BCUT2D eigenvalue weighted by atomic mass is 35.5. The smallest absolute Gasteiger partial charge is 0.224 e. The molecule has 1 heterocycles. The first kappa shape index (κ1) is 20.9. The lowest BCUT2D eigenvalue weighted by molar-refractivity contribution is -0.116. The first-order valence-electron chi connectivity index (χ1n) is 10.3. The van der Waals surface area contributed by atoms with Gasteiger partial charge in [0.15, 0.2) is 0 Å². The van der Waals surface area contributed by atoms with Crippen LogP contribution < -0.4 is 5.32 Å². The summed E-state index contributed by atoms with van der Waals surface area (Å²) in [5.74, 6) is 0.874. The van der Waals surface area contributed by atoms with Gasteiger partial charge in [-0.2, -0.15) is 0 Å². The zero-order chi connectivity index (χ0) is 21.8. The summed E-state index contributed by atoms with van der Waals surface area (Å²) in [7, 11) is 0. The first-order valence-corrected chi connectivity index (χ1v) is 10.6. The van der Waals surface area contributed by atoms with Crippen LogP contribution in [0.25, 0.3) is 17.1 Å². The largest absolute Gasteiger partial charge is 0.326 e. The summed E-state index contributed by atoms with van der Waals surface area (Å²) in [6.45, 7) is 4.06. The normalized spacial score (nSPS) is 10.8. The number of hydrogen-bond acceptors (Lipinski definition) is 2. The summed E-state index contributed by atoms with van der Waals surface area (Å²) in [4.78, 5) is 17.1. The maximum atomic E-state index is 12.3. The van der Waals surface area contributed by atoms with E-state index in [2.05, 4.69) is 16.8 Å². The summed E-state index contributed by atoms with van der Waals surface area (Å²) in [6, 6.07) is 25.6. The highest BCUT2D eigenvalue weighted by molar-refractivity contribution is 6.30. The molecule has 156 valence electrons. The van der Waals surface area contributed by atoms with Gasteiger partial charge in [0.1, 0.15) is 5.82 Å². The number of amides is 1. The van der Waals surface area contributed by atoms with E-state index in [-0.39, 0.29) is 5.91 Å². The number of rotatable bonds is 6. The fourth-order valence-corrected chi connectivity index (χ4v) is 3.66. The predicted molar refractivity (Wildman–Crippen MR) is 127 cm³/mol. The highest BCUT2D eigenvalue weighted by Gasteiger charge is 2.15. The van der Waals surface area contributed by atoms with Crippen molar-refractivity contribution >= 4 is 23.2 Å². The molecule has 31 heavy (non-hydrogen) atoms. The molecule has 0 atom stereocenters. The Kier molecular flexibility index (Phi) is 6.19. The van der Waals surface area contributed by atoms with Gasteiger partial charge >= 0.3 is 0 Å². The molecule has 0 bridgehead atoms. The van der Waals surface area contributed by atoms with Gasteiger partial charge in [-0.05, 0) is 74.4 Å². The Morgan fingerprint density at radius 1 is 0.935 bits per heavy atom. The molecule has 3 aromatic carbocycles. The SMILES string of the molecule is Cc1nc(-c2ccc(Cl)cc2)n(-c2ccc(NC(=O)CCc3ccccc3)cc2)c1C.